The number of sulfonamides is 1. The average Bonchev–Trinajstić information content (AvgIpc) is 3.26. The van der Waals surface area contributed by atoms with Crippen molar-refractivity contribution < 1.29 is 17.9 Å². The molecule has 0 saturated carbocycles. The van der Waals surface area contributed by atoms with Gasteiger partial charge in [-0.05, 0) is 86.6 Å². The smallest absolute Gasteiger partial charge is 0.279 e. The Kier molecular flexibility index (Phi) is 9.76. The second-order valence-corrected chi connectivity index (χ2v) is 10.3. The van der Waals surface area contributed by atoms with Crippen molar-refractivity contribution in [1.82, 2.24) is 14.8 Å². The van der Waals surface area contributed by atoms with E-state index in [2.05, 4.69) is 15.1 Å². The van der Waals surface area contributed by atoms with Crippen LogP contribution in [0.4, 0.5) is 0 Å². The minimum atomic E-state index is -3.72. The first-order valence-corrected chi connectivity index (χ1v) is 13.6. The number of hydrogen-bond acceptors (Lipinski definition) is 6. The summed E-state index contributed by atoms with van der Waals surface area (Å²) in [6, 6.07) is 20.0. The van der Waals surface area contributed by atoms with Crippen LogP contribution >= 0.6 is 23.2 Å². The summed E-state index contributed by atoms with van der Waals surface area (Å²) in [6.45, 7) is 5.78. The highest BCUT2D eigenvalue weighted by Crippen LogP contribution is 2.23. The number of aryl methyl sites for hydroxylation is 1. The Hall–Kier alpha value is -3.57. The first kappa shape index (κ1) is 29.0. The molecule has 198 valence electrons. The Balaban J connectivity index is 0.000000232. The minimum Gasteiger partial charge on any atom is -0.481 e. The van der Waals surface area contributed by atoms with Gasteiger partial charge in [0.25, 0.3) is 5.91 Å². The Morgan fingerprint density at radius 1 is 0.974 bits per heavy atom. The summed E-state index contributed by atoms with van der Waals surface area (Å²) in [5, 5.41) is 10.7. The third-order valence-corrected chi connectivity index (χ3v) is 6.36. The molecular weight excluding hydrogens is 549 g/mol. The SMILES string of the molecule is CCOC(C)=NC(=O)c1ccc(Cl)cc1.Cc1nc(-c2ccc(Cl)cc2)n(-c2ccc(S(N)(=O)=O)cc2)n1. The van der Waals surface area contributed by atoms with Gasteiger partial charge in [0.15, 0.2) is 11.7 Å². The molecule has 0 aliphatic rings. The first-order chi connectivity index (χ1) is 18.0. The van der Waals surface area contributed by atoms with Gasteiger partial charge in [-0.1, -0.05) is 23.2 Å². The van der Waals surface area contributed by atoms with Crippen molar-refractivity contribution in [3.05, 3.63) is 94.2 Å². The summed E-state index contributed by atoms with van der Waals surface area (Å²) in [5.41, 5.74) is 2.03. The zero-order valence-electron chi connectivity index (χ0n) is 20.8. The predicted octanol–water partition coefficient (Wildman–Crippen LogP) is 5.48. The van der Waals surface area contributed by atoms with Crippen molar-refractivity contribution in [2.45, 2.75) is 25.7 Å². The van der Waals surface area contributed by atoms with Crippen molar-refractivity contribution in [1.29, 1.82) is 0 Å². The molecule has 0 bridgehead atoms. The summed E-state index contributed by atoms with van der Waals surface area (Å²) in [5.74, 6) is 1.29. The van der Waals surface area contributed by atoms with Crippen LogP contribution in [0.25, 0.3) is 17.1 Å². The fraction of sp³-hybridized carbons (Fsp3) is 0.154. The van der Waals surface area contributed by atoms with Crippen LogP contribution in [0.5, 0.6) is 0 Å². The number of nitrogens with zero attached hydrogens (tertiary/aromatic N) is 4. The van der Waals surface area contributed by atoms with Crippen molar-refractivity contribution in [3.63, 3.8) is 0 Å². The van der Waals surface area contributed by atoms with E-state index in [1.807, 2.05) is 19.1 Å². The van der Waals surface area contributed by atoms with E-state index in [0.29, 0.717) is 45.4 Å². The van der Waals surface area contributed by atoms with Gasteiger partial charge >= 0.3 is 0 Å². The van der Waals surface area contributed by atoms with Gasteiger partial charge in [0.05, 0.1) is 17.2 Å². The molecule has 38 heavy (non-hydrogen) atoms. The molecule has 4 rings (SSSR count). The predicted molar refractivity (Wildman–Crippen MR) is 148 cm³/mol. The van der Waals surface area contributed by atoms with Crippen molar-refractivity contribution >= 4 is 45.0 Å². The van der Waals surface area contributed by atoms with Crippen molar-refractivity contribution in [3.8, 4) is 17.1 Å². The maximum atomic E-state index is 11.5. The average molecular weight is 574 g/mol. The second-order valence-electron chi connectivity index (χ2n) is 7.82. The van der Waals surface area contributed by atoms with Crippen molar-refractivity contribution in [2.24, 2.45) is 10.1 Å². The summed E-state index contributed by atoms with van der Waals surface area (Å²) in [7, 11) is -3.72. The van der Waals surface area contributed by atoms with E-state index >= 15 is 0 Å². The van der Waals surface area contributed by atoms with Crippen LogP contribution < -0.4 is 5.14 Å². The van der Waals surface area contributed by atoms with Crippen LogP contribution in [0.1, 0.15) is 30.0 Å². The molecule has 12 heteroatoms. The lowest BCUT2D eigenvalue weighted by Gasteiger charge is -2.07. The number of amides is 1. The number of aromatic nitrogens is 3. The molecule has 0 saturated heterocycles. The van der Waals surface area contributed by atoms with E-state index in [0.717, 1.165) is 5.56 Å². The first-order valence-electron chi connectivity index (χ1n) is 11.3. The summed E-state index contributed by atoms with van der Waals surface area (Å²) < 4.78 is 29.4. The highest BCUT2D eigenvalue weighted by Gasteiger charge is 2.13. The van der Waals surface area contributed by atoms with E-state index in [1.54, 1.807) is 67.1 Å². The summed E-state index contributed by atoms with van der Waals surface area (Å²) in [6.07, 6.45) is 0. The molecule has 0 aliphatic carbocycles. The Labute approximate surface area is 231 Å². The van der Waals surface area contributed by atoms with Crippen LogP contribution in [0.2, 0.25) is 10.0 Å². The molecular formula is C26H25Cl2N5O4S. The molecule has 0 radical (unpaired) electrons. The Bertz CT molecular complexity index is 1530. The Morgan fingerprint density at radius 3 is 2.05 bits per heavy atom. The van der Waals surface area contributed by atoms with Gasteiger partial charge in [-0.25, -0.2) is 23.2 Å². The summed E-state index contributed by atoms with van der Waals surface area (Å²) >= 11 is 11.6. The number of hydrogen-bond donors (Lipinski definition) is 1. The van der Waals surface area contributed by atoms with E-state index in [4.69, 9.17) is 33.1 Å². The third-order valence-electron chi connectivity index (χ3n) is 4.93. The number of benzene rings is 3. The highest BCUT2D eigenvalue weighted by molar-refractivity contribution is 7.89. The maximum Gasteiger partial charge on any atom is 0.279 e. The van der Waals surface area contributed by atoms with E-state index in [-0.39, 0.29) is 10.8 Å². The van der Waals surface area contributed by atoms with Crippen molar-refractivity contribution in [2.75, 3.05) is 6.61 Å². The lowest BCUT2D eigenvalue weighted by molar-refractivity contribution is 0.0999. The largest absolute Gasteiger partial charge is 0.481 e. The molecule has 1 amide bonds. The fourth-order valence-electron chi connectivity index (χ4n) is 3.20. The molecule has 0 spiro atoms. The van der Waals surface area contributed by atoms with Crippen LogP contribution in [-0.4, -0.2) is 41.6 Å². The quantitative estimate of drug-likeness (QED) is 0.248. The molecule has 0 fully saturated rings. The number of ether oxygens (including phenoxy) is 1. The van der Waals surface area contributed by atoms with E-state index in [1.165, 1.54) is 12.1 Å². The van der Waals surface area contributed by atoms with Crippen LogP contribution in [-0.2, 0) is 14.8 Å². The zero-order chi connectivity index (χ0) is 27.9. The van der Waals surface area contributed by atoms with Crippen LogP contribution in [0.15, 0.2) is 82.7 Å². The van der Waals surface area contributed by atoms with Crippen LogP contribution in [0, 0.1) is 6.92 Å². The van der Waals surface area contributed by atoms with Crippen LogP contribution in [0.3, 0.4) is 0 Å². The number of carbonyl (C=O) groups is 1. The Morgan fingerprint density at radius 2 is 1.53 bits per heavy atom. The van der Waals surface area contributed by atoms with Gasteiger partial charge in [0.2, 0.25) is 10.0 Å². The molecule has 1 aromatic heterocycles. The van der Waals surface area contributed by atoms with Gasteiger partial charge in [-0.15, -0.1) is 0 Å². The number of halogens is 2. The number of nitrogens with two attached hydrogens (primary N) is 1. The van der Waals surface area contributed by atoms with Gasteiger partial charge in [0, 0.05) is 28.1 Å². The standard InChI is InChI=1S/C15H13ClN4O2S.C11H12ClNO2/c1-10-18-15(11-2-4-12(16)5-3-11)20(19-10)13-6-8-14(9-7-13)23(17,21)22;1-3-15-8(2)13-11(14)9-4-6-10(12)7-5-9/h2-9H,1H3,(H2,17,21,22);4-7H,3H2,1-2H3. The molecule has 1 heterocycles. The third kappa shape index (κ3) is 7.96. The lowest BCUT2D eigenvalue weighted by atomic mass is 10.2. The highest BCUT2D eigenvalue weighted by atomic mass is 35.5. The normalized spacial score (nSPS) is 11.5. The van der Waals surface area contributed by atoms with E-state index < -0.39 is 10.0 Å². The molecule has 4 aromatic rings. The summed E-state index contributed by atoms with van der Waals surface area (Å²) in [4.78, 5) is 19.8. The molecule has 3 aromatic carbocycles. The molecule has 2 N–H and O–H groups in total. The molecule has 0 aliphatic heterocycles. The second kappa shape index (κ2) is 12.8. The van der Waals surface area contributed by atoms with Gasteiger partial charge in [0.1, 0.15) is 5.82 Å². The van der Waals surface area contributed by atoms with Gasteiger partial charge in [-0.3, -0.25) is 4.79 Å². The molecule has 0 atom stereocenters. The van der Waals surface area contributed by atoms with E-state index in [9.17, 15) is 13.2 Å². The topological polar surface area (TPSA) is 130 Å². The lowest BCUT2D eigenvalue weighted by Crippen LogP contribution is -2.12. The number of aliphatic imine (C=N–C) groups is 1. The van der Waals surface area contributed by atoms with Gasteiger partial charge < -0.3 is 4.74 Å². The minimum absolute atomic E-state index is 0.0473. The monoisotopic (exact) mass is 573 g/mol. The fourth-order valence-corrected chi connectivity index (χ4v) is 3.97. The van der Waals surface area contributed by atoms with Gasteiger partial charge in [-0.2, -0.15) is 10.1 Å². The zero-order valence-corrected chi connectivity index (χ0v) is 23.1. The number of carbonyl (C=O) groups excluding carboxylic acids is 1. The maximum absolute atomic E-state index is 11.5. The molecule has 9 nitrogen and oxygen atoms in total. The number of rotatable bonds is 5. The number of primary sulfonamides is 1. The molecule has 0 unspecified atom stereocenters.